The lowest BCUT2D eigenvalue weighted by molar-refractivity contribution is -0.118. The van der Waals surface area contributed by atoms with Crippen molar-refractivity contribution in [3.63, 3.8) is 0 Å². The fourth-order valence-corrected chi connectivity index (χ4v) is 3.74. The molecular formula is C22H17Cl2N3O5S. The number of amides is 1. The molecular weight excluding hydrogens is 489 g/mol. The highest BCUT2D eigenvalue weighted by molar-refractivity contribution is 7.89. The monoisotopic (exact) mass is 505 g/mol. The second-order valence-corrected chi connectivity index (χ2v) is 9.24. The number of nitrogens with zero attached hydrogens (tertiary/aromatic N) is 1. The molecule has 0 fully saturated rings. The standard InChI is InChI=1S/C22H17Cl2N3O5S/c1-13-7-18(33(25,29)30)4-5-19(13)27-22(28)12-31-20-6-3-14(23)10-21(20)32-17-9-15(24)8-16(11-17)26-2/h3-11H,12H2,1H3,(H,27,28)(H2,25,29,30). The summed E-state index contributed by atoms with van der Waals surface area (Å²) in [6.07, 6.45) is 0. The number of anilines is 1. The van der Waals surface area contributed by atoms with Crippen LogP contribution in [0.15, 0.2) is 59.5 Å². The molecule has 0 bridgehead atoms. The number of benzene rings is 3. The minimum absolute atomic E-state index is 0.0559. The van der Waals surface area contributed by atoms with Crippen LogP contribution in [0.25, 0.3) is 4.85 Å². The van der Waals surface area contributed by atoms with Crippen LogP contribution in [-0.4, -0.2) is 20.9 Å². The molecule has 33 heavy (non-hydrogen) atoms. The van der Waals surface area contributed by atoms with Gasteiger partial charge in [0.2, 0.25) is 10.0 Å². The van der Waals surface area contributed by atoms with Gasteiger partial charge in [-0.05, 0) is 61.0 Å². The normalized spacial score (nSPS) is 10.9. The predicted molar refractivity (Wildman–Crippen MR) is 126 cm³/mol. The molecule has 0 unspecified atom stereocenters. The minimum Gasteiger partial charge on any atom is -0.480 e. The predicted octanol–water partition coefficient (Wildman–Crippen LogP) is 5.31. The largest absolute Gasteiger partial charge is 0.480 e. The first kappa shape index (κ1) is 24.4. The number of nitrogens with two attached hydrogens (primary N) is 1. The molecule has 3 aromatic carbocycles. The second kappa shape index (κ2) is 10.1. The molecule has 0 saturated carbocycles. The molecule has 8 nitrogen and oxygen atoms in total. The van der Waals surface area contributed by atoms with Gasteiger partial charge in [0, 0.05) is 21.8 Å². The lowest BCUT2D eigenvalue weighted by Crippen LogP contribution is -2.21. The molecule has 1 amide bonds. The van der Waals surface area contributed by atoms with Crippen molar-refractivity contribution >= 4 is 50.5 Å². The fraction of sp³-hybridized carbons (Fsp3) is 0.0909. The van der Waals surface area contributed by atoms with Crippen LogP contribution < -0.4 is 19.9 Å². The van der Waals surface area contributed by atoms with Gasteiger partial charge in [-0.1, -0.05) is 23.2 Å². The van der Waals surface area contributed by atoms with Crippen molar-refractivity contribution in [2.24, 2.45) is 5.14 Å². The maximum atomic E-state index is 12.4. The van der Waals surface area contributed by atoms with E-state index in [1.807, 2.05) is 0 Å². The second-order valence-electron chi connectivity index (χ2n) is 6.81. The van der Waals surface area contributed by atoms with Gasteiger partial charge >= 0.3 is 0 Å². The lowest BCUT2D eigenvalue weighted by Gasteiger charge is -2.14. The van der Waals surface area contributed by atoms with Crippen LogP contribution in [0, 0.1) is 13.5 Å². The number of hydrogen-bond acceptors (Lipinski definition) is 5. The zero-order valence-electron chi connectivity index (χ0n) is 17.1. The van der Waals surface area contributed by atoms with Crippen molar-refractivity contribution < 1.29 is 22.7 Å². The van der Waals surface area contributed by atoms with Crippen LogP contribution in [-0.2, 0) is 14.8 Å². The fourth-order valence-electron chi connectivity index (χ4n) is 2.76. The van der Waals surface area contributed by atoms with Gasteiger partial charge in [0.25, 0.3) is 5.91 Å². The Hall–Kier alpha value is -3.29. The average Bonchev–Trinajstić information content (AvgIpc) is 2.73. The highest BCUT2D eigenvalue weighted by Gasteiger charge is 2.14. The number of sulfonamides is 1. The molecule has 0 aliphatic heterocycles. The first-order chi connectivity index (χ1) is 15.5. The molecule has 0 radical (unpaired) electrons. The maximum Gasteiger partial charge on any atom is 0.262 e. The number of nitrogens with one attached hydrogen (secondary N) is 1. The maximum absolute atomic E-state index is 12.4. The van der Waals surface area contributed by atoms with Crippen LogP contribution in [0.2, 0.25) is 10.0 Å². The number of ether oxygens (including phenoxy) is 2. The first-order valence-electron chi connectivity index (χ1n) is 9.27. The topological polar surface area (TPSA) is 112 Å². The lowest BCUT2D eigenvalue weighted by atomic mass is 10.2. The number of halogens is 2. The highest BCUT2D eigenvalue weighted by Crippen LogP contribution is 2.36. The summed E-state index contributed by atoms with van der Waals surface area (Å²) in [5, 5.41) is 8.46. The summed E-state index contributed by atoms with van der Waals surface area (Å²) in [7, 11) is -3.84. The summed E-state index contributed by atoms with van der Waals surface area (Å²) < 4.78 is 34.3. The average molecular weight is 506 g/mol. The van der Waals surface area contributed by atoms with E-state index >= 15 is 0 Å². The third-order valence-corrected chi connectivity index (χ3v) is 5.64. The molecule has 0 saturated heterocycles. The molecule has 0 aliphatic rings. The molecule has 3 rings (SSSR count). The SMILES string of the molecule is [C-]#[N+]c1cc(Cl)cc(Oc2cc(Cl)ccc2OCC(=O)Nc2ccc(S(N)(=O)=O)cc2C)c1. The van der Waals surface area contributed by atoms with Gasteiger partial charge in [-0.2, -0.15) is 0 Å². The Morgan fingerprint density at radius 2 is 1.82 bits per heavy atom. The molecule has 170 valence electrons. The summed E-state index contributed by atoms with van der Waals surface area (Å²) in [6, 6.07) is 13.2. The van der Waals surface area contributed by atoms with Gasteiger partial charge in [0.05, 0.1) is 11.5 Å². The quantitative estimate of drug-likeness (QED) is 0.422. The van der Waals surface area contributed by atoms with Crippen LogP contribution >= 0.6 is 23.2 Å². The third-order valence-electron chi connectivity index (χ3n) is 4.28. The smallest absolute Gasteiger partial charge is 0.262 e. The zero-order valence-corrected chi connectivity index (χ0v) is 19.5. The van der Waals surface area contributed by atoms with E-state index in [1.54, 1.807) is 13.0 Å². The zero-order chi connectivity index (χ0) is 24.2. The van der Waals surface area contributed by atoms with Crippen molar-refractivity contribution in [1.82, 2.24) is 0 Å². The van der Waals surface area contributed by atoms with E-state index < -0.39 is 15.9 Å². The number of primary sulfonamides is 1. The van der Waals surface area contributed by atoms with E-state index in [9.17, 15) is 13.2 Å². The Morgan fingerprint density at radius 3 is 2.48 bits per heavy atom. The van der Waals surface area contributed by atoms with Crippen LogP contribution in [0.5, 0.6) is 17.2 Å². The van der Waals surface area contributed by atoms with Gasteiger partial charge < -0.3 is 14.8 Å². The number of hydrogen-bond donors (Lipinski definition) is 2. The molecule has 0 aliphatic carbocycles. The Labute approximate surface area is 200 Å². The molecule has 0 aromatic heterocycles. The third kappa shape index (κ3) is 6.60. The Kier molecular flexibility index (Phi) is 7.46. The Bertz CT molecular complexity index is 1370. The Balaban J connectivity index is 1.72. The van der Waals surface area contributed by atoms with E-state index in [0.29, 0.717) is 32.7 Å². The van der Waals surface area contributed by atoms with Gasteiger partial charge in [-0.25, -0.2) is 18.4 Å². The summed E-state index contributed by atoms with van der Waals surface area (Å²) in [6.45, 7) is 8.41. The summed E-state index contributed by atoms with van der Waals surface area (Å²) in [4.78, 5) is 15.7. The van der Waals surface area contributed by atoms with Crippen LogP contribution in [0.4, 0.5) is 11.4 Å². The van der Waals surface area contributed by atoms with Crippen molar-refractivity contribution in [3.05, 3.63) is 81.6 Å². The first-order valence-corrected chi connectivity index (χ1v) is 11.6. The number of aryl methyl sites for hydroxylation is 1. The minimum atomic E-state index is -3.84. The van der Waals surface area contributed by atoms with Gasteiger partial charge in [-0.3, -0.25) is 4.79 Å². The molecule has 0 heterocycles. The highest BCUT2D eigenvalue weighted by atomic mass is 35.5. The summed E-state index contributed by atoms with van der Waals surface area (Å²) in [5.41, 5.74) is 1.22. The van der Waals surface area contributed by atoms with Gasteiger partial charge in [0.15, 0.2) is 23.8 Å². The molecule has 3 aromatic rings. The molecule has 0 spiro atoms. The van der Waals surface area contributed by atoms with Crippen LogP contribution in [0.1, 0.15) is 5.56 Å². The van der Waals surface area contributed by atoms with E-state index in [1.165, 1.54) is 48.5 Å². The summed E-state index contributed by atoms with van der Waals surface area (Å²) in [5.74, 6) is 0.276. The van der Waals surface area contributed by atoms with Gasteiger partial charge in [0.1, 0.15) is 5.75 Å². The number of carbonyl (C=O) groups excluding carboxylic acids is 1. The van der Waals surface area contributed by atoms with Crippen molar-refractivity contribution in [2.45, 2.75) is 11.8 Å². The van der Waals surface area contributed by atoms with Crippen LogP contribution in [0.3, 0.4) is 0 Å². The van der Waals surface area contributed by atoms with E-state index in [4.69, 9.17) is 44.4 Å². The molecule has 3 N–H and O–H groups in total. The van der Waals surface area contributed by atoms with E-state index in [-0.39, 0.29) is 23.0 Å². The number of rotatable bonds is 7. The number of carbonyl (C=O) groups is 1. The molecule has 0 atom stereocenters. The van der Waals surface area contributed by atoms with Crippen molar-refractivity contribution in [1.29, 1.82) is 0 Å². The van der Waals surface area contributed by atoms with E-state index in [2.05, 4.69) is 10.2 Å². The summed E-state index contributed by atoms with van der Waals surface area (Å²) >= 11 is 12.1. The van der Waals surface area contributed by atoms with Crippen molar-refractivity contribution in [2.75, 3.05) is 11.9 Å². The van der Waals surface area contributed by atoms with Crippen molar-refractivity contribution in [3.8, 4) is 17.2 Å². The molecule has 11 heteroatoms. The van der Waals surface area contributed by atoms with Gasteiger partial charge in [-0.15, -0.1) is 0 Å². The Morgan fingerprint density at radius 1 is 1.06 bits per heavy atom. The van der Waals surface area contributed by atoms with E-state index in [0.717, 1.165) is 0 Å².